The molecule has 1 heterocycles. The molecule has 0 saturated heterocycles. The second kappa shape index (κ2) is 3.89. The van der Waals surface area contributed by atoms with Crippen LogP contribution in [0, 0.1) is 5.82 Å². The van der Waals surface area contributed by atoms with Crippen molar-refractivity contribution in [3.8, 4) is 11.1 Å². The molecule has 16 heavy (non-hydrogen) atoms. The molecular weight excluding hydrogens is 207 g/mol. The van der Waals surface area contributed by atoms with Crippen LogP contribution in [0.25, 0.3) is 11.1 Å². The monoisotopic (exact) mass is 218 g/mol. The quantitative estimate of drug-likeness (QED) is 0.725. The van der Waals surface area contributed by atoms with Crippen molar-refractivity contribution < 1.29 is 9.18 Å². The van der Waals surface area contributed by atoms with Gasteiger partial charge in [-0.3, -0.25) is 9.48 Å². The van der Waals surface area contributed by atoms with E-state index in [0.29, 0.717) is 11.1 Å². The predicted octanol–water partition coefficient (Wildman–Crippen LogP) is 2.43. The number of hydrogen-bond donors (Lipinski definition) is 0. The highest BCUT2D eigenvalue weighted by Crippen LogP contribution is 2.24. The molecule has 0 fully saturated rings. The number of benzene rings is 1. The molecule has 1 aromatic heterocycles. The van der Waals surface area contributed by atoms with Crippen LogP contribution in [0.1, 0.15) is 17.3 Å². The Kier molecular flexibility index (Phi) is 2.56. The first kappa shape index (κ1) is 10.5. The summed E-state index contributed by atoms with van der Waals surface area (Å²) >= 11 is 0. The van der Waals surface area contributed by atoms with Crippen LogP contribution in [-0.4, -0.2) is 15.6 Å². The van der Waals surface area contributed by atoms with Crippen molar-refractivity contribution in [2.75, 3.05) is 0 Å². The second-order valence-corrected chi connectivity index (χ2v) is 3.65. The van der Waals surface area contributed by atoms with E-state index in [1.54, 1.807) is 30.2 Å². The number of rotatable bonds is 2. The Morgan fingerprint density at radius 1 is 1.44 bits per heavy atom. The van der Waals surface area contributed by atoms with Gasteiger partial charge in [-0.2, -0.15) is 5.10 Å². The lowest BCUT2D eigenvalue weighted by atomic mass is 10.00. The molecule has 0 amide bonds. The second-order valence-electron chi connectivity index (χ2n) is 3.65. The van der Waals surface area contributed by atoms with Crippen molar-refractivity contribution in [3.05, 3.63) is 42.0 Å². The molecule has 0 aliphatic heterocycles. The SMILES string of the molecule is CC(=O)c1cc(F)ccc1-c1cnn(C)c1. The molecule has 0 N–H and O–H groups in total. The van der Waals surface area contributed by atoms with Crippen LogP contribution in [-0.2, 0) is 7.05 Å². The van der Waals surface area contributed by atoms with Gasteiger partial charge in [0.1, 0.15) is 5.82 Å². The maximum Gasteiger partial charge on any atom is 0.160 e. The predicted molar refractivity (Wildman–Crippen MR) is 58.6 cm³/mol. The van der Waals surface area contributed by atoms with Crippen molar-refractivity contribution in [1.82, 2.24) is 9.78 Å². The van der Waals surface area contributed by atoms with Gasteiger partial charge in [0, 0.05) is 24.4 Å². The Morgan fingerprint density at radius 3 is 2.75 bits per heavy atom. The lowest BCUT2D eigenvalue weighted by Crippen LogP contribution is -1.96. The minimum Gasteiger partial charge on any atom is -0.294 e. The van der Waals surface area contributed by atoms with Gasteiger partial charge < -0.3 is 0 Å². The average molecular weight is 218 g/mol. The lowest BCUT2D eigenvalue weighted by Gasteiger charge is -2.04. The summed E-state index contributed by atoms with van der Waals surface area (Å²) in [6.45, 7) is 1.43. The molecule has 2 rings (SSSR count). The molecule has 3 nitrogen and oxygen atoms in total. The highest BCUT2D eigenvalue weighted by atomic mass is 19.1. The molecule has 0 radical (unpaired) electrons. The maximum atomic E-state index is 13.1. The zero-order valence-corrected chi connectivity index (χ0v) is 9.07. The lowest BCUT2D eigenvalue weighted by molar-refractivity contribution is 0.101. The topological polar surface area (TPSA) is 34.9 Å². The van der Waals surface area contributed by atoms with E-state index in [-0.39, 0.29) is 5.78 Å². The van der Waals surface area contributed by atoms with E-state index in [2.05, 4.69) is 5.10 Å². The summed E-state index contributed by atoms with van der Waals surface area (Å²) in [5.41, 5.74) is 1.91. The summed E-state index contributed by atoms with van der Waals surface area (Å²) in [6.07, 6.45) is 3.44. The summed E-state index contributed by atoms with van der Waals surface area (Å²) < 4.78 is 14.7. The Hall–Kier alpha value is -1.97. The fourth-order valence-electron chi connectivity index (χ4n) is 1.62. The van der Waals surface area contributed by atoms with Crippen molar-refractivity contribution in [1.29, 1.82) is 0 Å². The summed E-state index contributed by atoms with van der Waals surface area (Å²) in [5.74, 6) is -0.559. The largest absolute Gasteiger partial charge is 0.294 e. The minimum atomic E-state index is -0.405. The molecule has 0 atom stereocenters. The maximum absolute atomic E-state index is 13.1. The minimum absolute atomic E-state index is 0.154. The molecule has 0 aliphatic carbocycles. The summed E-state index contributed by atoms with van der Waals surface area (Å²) in [5, 5.41) is 4.03. The first-order chi connectivity index (χ1) is 7.58. The van der Waals surface area contributed by atoms with Crippen LogP contribution >= 0.6 is 0 Å². The third kappa shape index (κ3) is 1.86. The van der Waals surface area contributed by atoms with Gasteiger partial charge in [0.25, 0.3) is 0 Å². The zero-order chi connectivity index (χ0) is 11.7. The van der Waals surface area contributed by atoms with Crippen LogP contribution in [0.5, 0.6) is 0 Å². The molecule has 0 spiro atoms. The highest BCUT2D eigenvalue weighted by molar-refractivity contribution is 6.00. The standard InChI is InChI=1S/C12H11FN2O/c1-8(16)12-5-10(13)3-4-11(12)9-6-14-15(2)7-9/h3-7H,1-2H3. The summed E-state index contributed by atoms with van der Waals surface area (Å²) in [4.78, 5) is 11.4. The zero-order valence-electron chi connectivity index (χ0n) is 9.07. The van der Waals surface area contributed by atoms with Crippen molar-refractivity contribution >= 4 is 5.78 Å². The summed E-state index contributed by atoms with van der Waals surface area (Å²) in [6, 6.07) is 4.20. The Balaban J connectivity index is 2.60. The van der Waals surface area contributed by atoms with Gasteiger partial charge in [0.15, 0.2) is 5.78 Å². The number of carbonyl (C=O) groups excluding carboxylic acids is 1. The van der Waals surface area contributed by atoms with E-state index in [1.807, 2.05) is 0 Å². The number of carbonyl (C=O) groups is 1. The average Bonchev–Trinajstić information content (AvgIpc) is 2.64. The van der Waals surface area contributed by atoms with Crippen LogP contribution in [0.3, 0.4) is 0 Å². The Bertz CT molecular complexity index is 546. The highest BCUT2D eigenvalue weighted by Gasteiger charge is 2.11. The fourth-order valence-corrected chi connectivity index (χ4v) is 1.62. The molecule has 0 bridgehead atoms. The molecular formula is C12H11FN2O. The number of aromatic nitrogens is 2. The molecule has 1 aromatic carbocycles. The van der Waals surface area contributed by atoms with Crippen molar-refractivity contribution in [2.45, 2.75) is 6.92 Å². The van der Waals surface area contributed by atoms with Crippen molar-refractivity contribution in [3.63, 3.8) is 0 Å². The molecule has 2 aromatic rings. The third-order valence-corrected chi connectivity index (χ3v) is 2.38. The van der Waals surface area contributed by atoms with Gasteiger partial charge in [0.2, 0.25) is 0 Å². The fraction of sp³-hybridized carbons (Fsp3) is 0.167. The molecule has 0 saturated carbocycles. The van der Waals surface area contributed by atoms with E-state index in [4.69, 9.17) is 0 Å². The van der Waals surface area contributed by atoms with Gasteiger partial charge in [-0.25, -0.2) is 4.39 Å². The van der Waals surface area contributed by atoms with Crippen LogP contribution < -0.4 is 0 Å². The van der Waals surface area contributed by atoms with E-state index >= 15 is 0 Å². The van der Waals surface area contributed by atoms with Gasteiger partial charge in [-0.1, -0.05) is 6.07 Å². The molecule has 82 valence electrons. The number of ketones is 1. The smallest absolute Gasteiger partial charge is 0.160 e. The van der Waals surface area contributed by atoms with E-state index in [1.165, 1.54) is 19.1 Å². The van der Waals surface area contributed by atoms with Crippen LogP contribution in [0.15, 0.2) is 30.6 Å². The Labute approximate surface area is 92.5 Å². The van der Waals surface area contributed by atoms with E-state index in [9.17, 15) is 9.18 Å². The first-order valence-electron chi connectivity index (χ1n) is 4.87. The molecule has 4 heteroatoms. The Morgan fingerprint density at radius 2 is 2.19 bits per heavy atom. The van der Waals surface area contributed by atoms with Gasteiger partial charge in [0.05, 0.1) is 6.20 Å². The van der Waals surface area contributed by atoms with E-state index < -0.39 is 5.82 Å². The van der Waals surface area contributed by atoms with Gasteiger partial charge in [-0.05, 0) is 24.6 Å². The first-order valence-corrected chi connectivity index (χ1v) is 4.87. The third-order valence-electron chi connectivity index (χ3n) is 2.38. The molecule has 0 unspecified atom stereocenters. The number of hydrogen-bond acceptors (Lipinski definition) is 2. The number of halogens is 1. The van der Waals surface area contributed by atoms with Gasteiger partial charge >= 0.3 is 0 Å². The van der Waals surface area contributed by atoms with Crippen LogP contribution in [0.4, 0.5) is 4.39 Å². The van der Waals surface area contributed by atoms with Crippen molar-refractivity contribution in [2.24, 2.45) is 7.05 Å². The normalized spacial score (nSPS) is 10.4. The number of Topliss-reactive ketones (excluding diaryl/α,β-unsaturated/α-hetero) is 1. The summed E-state index contributed by atoms with van der Waals surface area (Å²) in [7, 11) is 1.79. The number of aryl methyl sites for hydroxylation is 1. The number of nitrogens with zero attached hydrogens (tertiary/aromatic N) is 2. The van der Waals surface area contributed by atoms with Crippen LogP contribution in [0.2, 0.25) is 0 Å². The molecule has 0 aliphatic rings. The van der Waals surface area contributed by atoms with E-state index in [0.717, 1.165) is 5.56 Å². The van der Waals surface area contributed by atoms with Gasteiger partial charge in [-0.15, -0.1) is 0 Å².